The van der Waals surface area contributed by atoms with Crippen molar-refractivity contribution in [2.75, 3.05) is 6.26 Å². The maximum absolute atomic E-state index is 2.39. The van der Waals surface area contributed by atoms with Gasteiger partial charge in [-0.15, -0.1) is 0 Å². The van der Waals surface area contributed by atoms with Gasteiger partial charge < -0.3 is 0 Å². The molecular weight excluding hydrogens is 380 g/mol. The number of fused-ring (bicyclic) bond motifs is 2. The minimum absolute atomic E-state index is 0.488. The molecule has 0 spiro atoms. The summed E-state index contributed by atoms with van der Waals surface area (Å²) < 4.78 is 0. The highest BCUT2D eigenvalue weighted by atomic mass is 32.2. The van der Waals surface area contributed by atoms with E-state index in [1.165, 1.54) is 59.8 Å². The maximum atomic E-state index is 2.39. The Morgan fingerprint density at radius 3 is 1.50 bits per heavy atom. The van der Waals surface area contributed by atoms with E-state index in [9.17, 15) is 0 Å². The molecule has 0 bridgehead atoms. The van der Waals surface area contributed by atoms with Crippen LogP contribution in [0.25, 0.3) is 43.1 Å². The molecule has 0 N–H and O–H groups in total. The fourth-order valence-electron chi connectivity index (χ4n) is 5.32. The molecule has 0 nitrogen and oxygen atoms in total. The Bertz CT molecular complexity index is 1330. The van der Waals surface area contributed by atoms with Crippen LogP contribution in [-0.2, 0) is 0 Å². The fourth-order valence-corrected chi connectivity index (χ4v) is 5.78. The second kappa shape index (κ2) is 7.17. The van der Waals surface area contributed by atoms with E-state index in [0.29, 0.717) is 17.1 Å². The minimum atomic E-state index is 0.488. The van der Waals surface area contributed by atoms with Gasteiger partial charge in [-0.2, -0.15) is 11.8 Å². The number of rotatable bonds is 4. The van der Waals surface area contributed by atoms with Gasteiger partial charge in [-0.05, 0) is 84.8 Å². The highest BCUT2D eigenvalue weighted by Crippen LogP contribution is 2.46. The zero-order chi connectivity index (χ0) is 21.2. The Morgan fingerprint density at radius 2 is 0.967 bits per heavy atom. The lowest BCUT2D eigenvalue weighted by Crippen LogP contribution is -1.99. The van der Waals surface area contributed by atoms with E-state index >= 15 is 0 Å². The summed E-state index contributed by atoms with van der Waals surface area (Å²) in [7, 11) is 0. The fraction of sp³-hybridized carbons (Fsp3) is 0.310. The molecule has 0 aliphatic rings. The number of benzene rings is 5. The van der Waals surface area contributed by atoms with E-state index in [0.717, 1.165) is 0 Å². The van der Waals surface area contributed by atoms with Crippen LogP contribution in [0.2, 0.25) is 0 Å². The van der Waals surface area contributed by atoms with Crippen LogP contribution in [0, 0.1) is 0 Å². The Morgan fingerprint density at radius 1 is 0.500 bits per heavy atom. The van der Waals surface area contributed by atoms with Crippen molar-refractivity contribution in [1.82, 2.24) is 0 Å². The Hall–Kier alpha value is -2.25. The molecule has 0 aliphatic heterocycles. The highest BCUT2D eigenvalue weighted by molar-refractivity contribution is 7.98. The van der Waals surface area contributed by atoms with Gasteiger partial charge in [0, 0.05) is 5.25 Å². The minimum Gasteiger partial charge on any atom is -0.157 e. The van der Waals surface area contributed by atoms with Crippen LogP contribution in [-0.4, -0.2) is 6.26 Å². The number of hydrogen-bond acceptors (Lipinski definition) is 1. The van der Waals surface area contributed by atoms with Crippen LogP contribution in [0.1, 0.15) is 68.4 Å². The summed E-state index contributed by atoms with van der Waals surface area (Å²) in [4.78, 5) is 0. The molecule has 152 valence electrons. The first kappa shape index (κ1) is 19.7. The molecule has 0 heterocycles. The third-order valence-corrected chi connectivity index (χ3v) is 7.88. The molecule has 0 amide bonds. The Balaban J connectivity index is 2.07. The predicted molar refractivity (Wildman–Crippen MR) is 138 cm³/mol. The van der Waals surface area contributed by atoms with Crippen molar-refractivity contribution in [2.24, 2.45) is 0 Å². The third kappa shape index (κ3) is 2.68. The summed E-state index contributed by atoms with van der Waals surface area (Å²) in [6.07, 6.45) is 2.21. The van der Waals surface area contributed by atoms with E-state index in [2.05, 4.69) is 95.5 Å². The van der Waals surface area contributed by atoms with Gasteiger partial charge in [0.15, 0.2) is 0 Å². The SMILES string of the molecule is CSC(C)c1ccc2c3ccc(C(C)C)c4c(C(C)C)ccc(c5cccc1c52)c43. The van der Waals surface area contributed by atoms with Crippen LogP contribution in [0.3, 0.4) is 0 Å². The van der Waals surface area contributed by atoms with Gasteiger partial charge in [-0.1, -0.05) is 82.3 Å². The lowest BCUT2D eigenvalue weighted by molar-refractivity contribution is 0.855. The molecule has 5 rings (SSSR count). The van der Waals surface area contributed by atoms with E-state index in [1.54, 1.807) is 0 Å². The van der Waals surface area contributed by atoms with Crippen LogP contribution in [0.5, 0.6) is 0 Å². The summed E-state index contributed by atoms with van der Waals surface area (Å²) in [5, 5.41) is 11.9. The van der Waals surface area contributed by atoms with Crippen molar-refractivity contribution >= 4 is 54.9 Å². The van der Waals surface area contributed by atoms with Crippen molar-refractivity contribution in [2.45, 2.75) is 51.7 Å². The molecule has 5 aromatic rings. The average Bonchev–Trinajstić information content (AvgIpc) is 2.75. The largest absolute Gasteiger partial charge is 0.157 e. The van der Waals surface area contributed by atoms with Gasteiger partial charge in [0.1, 0.15) is 0 Å². The van der Waals surface area contributed by atoms with Gasteiger partial charge in [-0.3, -0.25) is 0 Å². The molecular formula is C29H30S. The van der Waals surface area contributed by atoms with Crippen LogP contribution < -0.4 is 0 Å². The van der Waals surface area contributed by atoms with Gasteiger partial charge in [-0.25, -0.2) is 0 Å². The predicted octanol–water partition coefficient (Wildman–Crippen LogP) is 9.41. The molecule has 0 aromatic heterocycles. The summed E-state index contributed by atoms with van der Waals surface area (Å²) in [5.74, 6) is 1.02. The zero-order valence-corrected chi connectivity index (χ0v) is 19.7. The summed E-state index contributed by atoms with van der Waals surface area (Å²) in [5.41, 5.74) is 4.39. The topological polar surface area (TPSA) is 0 Å². The second-order valence-corrected chi connectivity index (χ2v) is 10.5. The summed E-state index contributed by atoms with van der Waals surface area (Å²) in [6.45, 7) is 11.6. The lowest BCUT2D eigenvalue weighted by atomic mass is 9.82. The smallest absolute Gasteiger partial charge is 0.0272 e. The number of thioether (sulfide) groups is 1. The molecule has 0 aliphatic carbocycles. The monoisotopic (exact) mass is 410 g/mol. The molecule has 0 radical (unpaired) electrons. The maximum Gasteiger partial charge on any atom is 0.0272 e. The second-order valence-electron chi connectivity index (χ2n) is 9.27. The molecule has 1 unspecified atom stereocenters. The molecule has 0 saturated heterocycles. The molecule has 0 fully saturated rings. The van der Waals surface area contributed by atoms with Crippen molar-refractivity contribution < 1.29 is 0 Å². The highest BCUT2D eigenvalue weighted by Gasteiger charge is 2.20. The molecule has 5 aromatic carbocycles. The van der Waals surface area contributed by atoms with Crippen LogP contribution in [0.4, 0.5) is 0 Å². The van der Waals surface area contributed by atoms with Crippen molar-refractivity contribution in [3.8, 4) is 0 Å². The normalized spacial score (nSPS) is 13.6. The van der Waals surface area contributed by atoms with Gasteiger partial charge in [0.05, 0.1) is 0 Å². The van der Waals surface area contributed by atoms with Gasteiger partial charge in [0.2, 0.25) is 0 Å². The standard InChI is InChI=1S/C29H30S/c1-16(2)19-10-13-25-23-9-7-8-22-21(18(5)30-6)12-15-24(27(22)23)26-14-11-20(17(3)4)28(19)29(25)26/h7-18H,1-6H3. The van der Waals surface area contributed by atoms with E-state index < -0.39 is 0 Å². The summed E-state index contributed by atoms with van der Waals surface area (Å²) >= 11 is 1.92. The van der Waals surface area contributed by atoms with Crippen molar-refractivity contribution in [1.29, 1.82) is 0 Å². The van der Waals surface area contributed by atoms with Crippen LogP contribution in [0.15, 0.2) is 54.6 Å². The lowest BCUT2D eigenvalue weighted by Gasteiger charge is -2.22. The Kier molecular flexibility index (Phi) is 4.71. The first-order valence-electron chi connectivity index (χ1n) is 11.1. The average molecular weight is 411 g/mol. The van der Waals surface area contributed by atoms with Crippen molar-refractivity contribution in [3.63, 3.8) is 0 Å². The molecule has 0 saturated carbocycles. The molecule has 1 atom stereocenters. The molecule has 30 heavy (non-hydrogen) atoms. The van der Waals surface area contributed by atoms with Crippen molar-refractivity contribution in [3.05, 3.63) is 71.3 Å². The first-order chi connectivity index (χ1) is 14.4. The number of hydrogen-bond donors (Lipinski definition) is 0. The quantitative estimate of drug-likeness (QED) is 0.210. The first-order valence-corrected chi connectivity index (χ1v) is 12.4. The Labute approximate surface area is 184 Å². The molecule has 1 heteroatoms. The van der Waals surface area contributed by atoms with Gasteiger partial charge in [0.25, 0.3) is 0 Å². The summed E-state index contributed by atoms with van der Waals surface area (Å²) in [6, 6.07) is 21.2. The van der Waals surface area contributed by atoms with E-state index in [1.807, 2.05) is 11.8 Å². The third-order valence-electron chi connectivity index (χ3n) is 6.92. The van der Waals surface area contributed by atoms with E-state index in [4.69, 9.17) is 0 Å². The van der Waals surface area contributed by atoms with E-state index in [-0.39, 0.29) is 0 Å². The van der Waals surface area contributed by atoms with Crippen LogP contribution >= 0.6 is 11.8 Å². The van der Waals surface area contributed by atoms with Gasteiger partial charge >= 0.3 is 0 Å². The zero-order valence-electron chi connectivity index (χ0n) is 18.8.